The fraction of sp³-hybridized carbons (Fsp3) is 0.647. The summed E-state index contributed by atoms with van der Waals surface area (Å²) in [7, 11) is 0. The molecule has 1 aromatic carbocycles. The van der Waals surface area contributed by atoms with Gasteiger partial charge in [0.1, 0.15) is 0 Å². The molecule has 1 saturated carbocycles. The minimum Gasteiger partial charge on any atom is -0.0921 e. The van der Waals surface area contributed by atoms with E-state index in [-0.39, 0.29) is 0 Å². The second-order valence-electron chi connectivity index (χ2n) is 5.96. The Labute approximate surface area is 134 Å². The van der Waals surface area contributed by atoms with Gasteiger partial charge in [0, 0.05) is 10.7 Å². The number of aryl methyl sites for hydroxylation is 1. The van der Waals surface area contributed by atoms with E-state index in [2.05, 4.69) is 63.0 Å². The molecule has 1 fully saturated rings. The van der Waals surface area contributed by atoms with E-state index in [0.717, 1.165) is 23.0 Å². The highest BCUT2D eigenvalue weighted by Crippen LogP contribution is 2.44. The van der Waals surface area contributed by atoms with Gasteiger partial charge in [0.2, 0.25) is 0 Å². The number of benzene rings is 1. The third-order valence-electron chi connectivity index (χ3n) is 4.74. The summed E-state index contributed by atoms with van der Waals surface area (Å²) in [4.78, 5) is 0. The van der Waals surface area contributed by atoms with Crippen LogP contribution in [-0.4, -0.2) is 10.7 Å². The molecule has 0 aromatic heterocycles. The van der Waals surface area contributed by atoms with Crippen LogP contribution < -0.4 is 0 Å². The second kappa shape index (κ2) is 7.26. The van der Waals surface area contributed by atoms with Crippen LogP contribution >= 0.6 is 31.9 Å². The predicted octanol–water partition coefficient (Wildman–Crippen LogP) is 5.76. The first-order valence-electron chi connectivity index (χ1n) is 7.44. The van der Waals surface area contributed by atoms with Gasteiger partial charge in [-0.3, -0.25) is 0 Å². The van der Waals surface area contributed by atoms with Crippen LogP contribution in [0.2, 0.25) is 0 Å². The minimum atomic E-state index is 0.393. The van der Waals surface area contributed by atoms with Crippen molar-refractivity contribution in [3.63, 3.8) is 0 Å². The molecule has 0 amide bonds. The van der Waals surface area contributed by atoms with E-state index in [1.807, 2.05) is 0 Å². The highest BCUT2D eigenvalue weighted by molar-refractivity contribution is 9.09. The lowest BCUT2D eigenvalue weighted by Crippen LogP contribution is -2.35. The van der Waals surface area contributed by atoms with E-state index in [4.69, 9.17) is 0 Å². The molecule has 0 saturated heterocycles. The van der Waals surface area contributed by atoms with Gasteiger partial charge in [-0.15, -0.1) is 0 Å². The summed E-state index contributed by atoms with van der Waals surface area (Å²) in [6.07, 6.45) is 7.97. The number of hydrogen-bond acceptors (Lipinski definition) is 0. The standard InChI is InChI=1S/C17H24Br2/c1-2-14-7-9-15(10-8-14)11-17(12-18,13-19)16-5-3-4-6-16/h7-10,16H,2-6,11-13H2,1H3. The van der Waals surface area contributed by atoms with E-state index in [0.29, 0.717) is 5.41 Å². The average Bonchev–Trinajstić information content (AvgIpc) is 3.00. The van der Waals surface area contributed by atoms with E-state index in [1.54, 1.807) is 0 Å². The predicted molar refractivity (Wildman–Crippen MR) is 91.5 cm³/mol. The van der Waals surface area contributed by atoms with Crippen LogP contribution in [0.15, 0.2) is 24.3 Å². The largest absolute Gasteiger partial charge is 0.0921 e. The van der Waals surface area contributed by atoms with E-state index in [9.17, 15) is 0 Å². The Hall–Kier alpha value is 0.180. The Balaban J connectivity index is 2.14. The molecule has 0 N–H and O–H groups in total. The van der Waals surface area contributed by atoms with E-state index >= 15 is 0 Å². The van der Waals surface area contributed by atoms with Gasteiger partial charge < -0.3 is 0 Å². The first-order chi connectivity index (χ1) is 9.24. The van der Waals surface area contributed by atoms with Crippen molar-refractivity contribution in [3.05, 3.63) is 35.4 Å². The molecule has 0 unspecified atom stereocenters. The van der Waals surface area contributed by atoms with Gasteiger partial charge in [-0.2, -0.15) is 0 Å². The maximum atomic E-state index is 3.80. The summed E-state index contributed by atoms with van der Waals surface area (Å²) in [5, 5.41) is 2.21. The molecule has 2 rings (SSSR count). The topological polar surface area (TPSA) is 0 Å². The van der Waals surface area contributed by atoms with Crippen molar-refractivity contribution in [2.75, 3.05) is 10.7 Å². The van der Waals surface area contributed by atoms with Crippen LogP contribution in [0.25, 0.3) is 0 Å². The minimum absolute atomic E-state index is 0.393. The highest BCUT2D eigenvalue weighted by Gasteiger charge is 2.38. The SMILES string of the molecule is CCc1ccc(CC(CBr)(CBr)C2CCCC2)cc1. The molecular formula is C17H24Br2. The third kappa shape index (κ3) is 3.64. The molecule has 0 spiro atoms. The summed E-state index contributed by atoms with van der Waals surface area (Å²) in [6.45, 7) is 2.22. The van der Waals surface area contributed by atoms with Gasteiger partial charge >= 0.3 is 0 Å². The lowest BCUT2D eigenvalue weighted by atomic mass is 9.73. The zero-order valence-electron chi connectivity index (χ0n) is 11.8. The van der Waals surface area contributed by atoms with Crippen molar-refractivity contribution in [2.24, 2.45) is 11.3 Å². The molecule has 106 valence electrons. The van der Waals surface area contributed by atoms with Crippen molar-refractivity contribution in [1.82, 2.24) is 0 Å². The van der Waals surface area contributed by atoms with Gasteiger partial charge in [-0.05, 0) is 48.1 Å². The van der Waals surface area contributed by atoms with Crippen molar-refractivity contribution < 1.29 is 0 Å². The van der Waals surface area contributed by atoms with Crippen LogP contribution in [0.5, 0.6) is 0 Å². The lowest BCUT2D eigenvalue weighted by Gasteiger charge is -2.36. The maximum absolute atomic E-state index is 3.80. The Morgan fingerprint density at radius 1 is 1.00 bits per heavy atom. The Morgan fingerprint density at radius 3 is 2.00 bits per heavy atom. The molecule has 1 aliphatic rings. The molecule has 2 heteroatoms. The summed E-state index contributed by atoms with van der Waals surface area (Å²) >= 11 is 7.60. The summed E-state index contributed by atoms with van der Waals surface area (Å²) in [5.41, 5.74) is 3.32. The molecule has 0 bridgehead atoms. The number of alkyl halides is 2. The van der Waals surface area contributed by atoms with Crippen LogP contribution in [0.1, 0.15) is 43.7 Å². The zero-order chi connectivity index (χ0) is 13.7. The monoisotopic (exact) mass is 386 g/mol. The number of halogens is 2. The fourth-order valence-electron chi connectivity index (χ4n) is 3.33. The van der Waals surface area contributed by atoms with Gasteiger partial charge in [0.25, 0.3) is 0 Å². The lowest BCUT2D eigenvalue weighted by molar-refractivity contribution is 0.233. The smallest absolute Gasteiger partial charge is 0.0102 e. The second-order valence-corrected chi connectivity index (χ2v) is 7.08. The summed E-state index contributed by atoms with van der Waals surface area (Å²) in [5.74, 6) is 0.872. The van der Waals surface area contributed by atoms with Gasteiger partial charge in [0.15, 0.2) is 0 Å². The first kappa shape index (κ1) is 15.6. The van der Waals surface area contributed by atoms with E-state index in [1.165, 1.54) is 43.2 Å². The van der Waals surface area contributed by atoms with Crippen LogP contribution in [0.4, 0.5) is 0 Å². The van der Waals surface area contributed by atoms with E-state index < -0.39 is 0 Å². The third-order valence-corrected chi connectivity index (χ3v) is 6.97. The molecule has 19 heavy (non-hydrogen) atoms. The summed E-state index contributed by atoms with van der Waals surface area (Å²) in [6, 6.07) is 9.23. The van der Waals surface area contributed by atoms with Crippen molar-refractivity contribution in [2.45, 2.75) is 45.4 Å². The molecule has 0 nitrogen and oxygen atoms in total. The van der Waals surface area contributed by atoms with Crippen LogP contribution in [-0.2, 0) is 12.8 Å². The fourth-order valence-corrected chi connectivity index (χ4v) is 5.57. The summed E-state index contributed by atoms with van der Waals surface area (Å²) < 4.78 is 0. The first-order valence-corrected chi connectivity index (χ1v) is 9.68. The zero-order valence-corrected chi connectivity index (χ0v) is 15.0. The Bertz CT molecular complexity index is 373. The molecule has 0 radical (unpaired) electrons. The molecule has 1 aromatic rings. The Morgan fingerprint density at radius 2 is 1.53 bits per heavy atom. The molecule has 0 atom stereocenters. The molecular weight excluding hydrogens is 364 g/mol. The van der Waals surface area contributed by atoms with Crippen LogP contribution in [0.3, 0.4) is 0 Å². The number of hydrogen-bond donors (Lipinski definition) is 0. The van der Waals surface area contributed by atoms with Crippen molar-refractivity contribution in [3.8, 4) is 0 Å². The van der Waals surface area contributed by atoms with Crippen LogP contribution in [0, 0.1) is 11.3 Å². The normalized spacial score (nSPS) is 17.0. The van der Waals surface area contributed by atoms with Gasteiger partial charge in [-0.1, -0.05) is 75.9 Å². The quantitative estimate of drug-likeness (QED) is 0.544. The van der Waals surface area contributed by atoms with Crippen molar-refractivity contribution >= 4 is 31.9 Å². The maximum Gasteiger partial charge on any atom is 0.0102 e. The van der Waals surface area contributed by atoms with Gasteiger partial charge in [-0.25, -0.2) is 0 Å². The molecule has 0 heterocycles. The molecule has 0 aliphatic heterocycles. The Kier molecular flexibility index (Phi) is 5.95. The van der Waals surface area contributed by atoms with Crippen molar-refractivity contribution in [1.29, 1.82) is 0 Å². The number of rotatable bonds is 6. The molecule has 1 aliphatic carbocycles. The van der Waals surface area contributed by atoms with Gasteiger partial charge in [0.05, 0.1) is 0 Å². The highest BCUT2D eigenvalue weighted by atomic mass is 79.9. The average molecular weight is 388 g/mol.